The van der Waals surface area contributed by atoms with Crippen molar-refractivity contribution >= 4 is 5.91 Å². The first kappa shape index (κ1) is 12.3. The summed E-state index contributed by atoms with van der Waals surface area (Å²) in [6, 6.07) is -0.256. The van der Waals surface area contributed by atoms with Crippen LogP contribution in [0.2, 0.25) is 0 Å². The predicted octanol–water partition coefficient (Wildman–Crippen LogP) is 0.871. The minimum Gasteiger partial charge on any atom is -0.396 e. The molecular weight excluding hydrogens is 180 g/mol. The Balaban J connectivity index is 4.16. The van der Waals surface area contributed by atoms with Crippen LogP contribution in [0, 0.1) is 0 Å². The molecule has 0 saturated carbocycles. The molecule has 13 heavy (non-hydrogen) atoms. The molecule has 0 saturated heterocycles. The van der Waals surface area contributed by atoms with Crippen LogP contribution in [-0.4, -0.2) is 41.5 Å². The van der Waals surface area contributed by atoms with Gasteiger partial charge in [-0.15, -0.1) is 0 Å². The predicted molar refractivity (Wildman–Crippen MR) is 44.6 cm³/mol. The van der Waals surface area contributed by atoms with Crippen molar-refractivity contribution in [1.29, 1.82) is 0 Å². The molecule has 0 heterocycles. The minimum absolute atomic E-state index is 0.0975. The van der Waals surface area contributed by atoms with Crippen LogP contribution in [0.5, 0.6) is 0 Å². The number of alkyl halides is 2. The number of rotatable bonds is 5. The summed E-state index contributed by atoms with van der Waals surface area (Å²) in [5.41, 5.74) is 0. The van der Waals surface area contributed by atoms with Gasteiger partial charge in [0.1, 0.15) is 0 Å². The zero-order valence-corrected chi connectivity index (χ0v) is 7.83. The fourth-order valence-corrected chi connectivity index (χ4v) is 0.989. The largest absolute Gasteiger partial charge is 0.396 e. The van der Waals surface area contributed by atoms with Crippen LogP contribution in [-0.2, 0) is 4.79 Å². The minimum atomic E-state index is -2.96. The number of carbonyl (C=O) groups excluding carboxylic acids is 1. The highest BCUT2D eigenvalue weighted by Gasteiger charge is 2.24. The molecule has 0 spiro atoms. The van der Waals surface area contributed by atoms with E-state index in [2.05, 4.69) is 0 Å². The lowest BCUT2D eigenvalue weighted by molar-refractivity contribution is -0.144. The van der Waals surface area contributed by atoms with E-state index in [1.54, 1.807) is 13.8 Å². The summed E-state index contributed by atoms with van der Waals surface area (Å²) in [7, 11) is 0. The molecule has 0 fully saturated rings. The number of aliphatic hydroxyl groups excluding tert-OH is 1. The van der Waals surface area contributed by atoms with Crippen LogP contribution < -0.4 is 0 Å². The van der Waals surface area contributed by atoms with Gasteiger partial charge in [-0.3, -0.25) is 4.79 Å². The number of halogens is 2. The maximum absolute atomic E-state index is 12.0. The second kappa shape index (κ2) is 5.85. The maximum Gasteiger partial charge on any atom is 0.315 e. The van der Waals surface area contributed by atoms with Gasteiger partial charge < -0.3 is 10.0 Å². The second-order valence-electron chi connectivity index (χ2n) is 3.00. The van der Waals surface area contributed by atoms with Crippen molar-refractivity contribution in [1.82, 2.24) is 4.90 Å². The molecule has 0 bridgehead atoms. The third kappa shape index (κ3) is 4.17. The van der Waals surface area contributed by atoms with Crippen molar-refractivity contribution in [2.24, 2.45) is 0 Å². The van der Waals surface area contributed by atoms with Crippen LogP contribution in [0.1, 0.15) is 20.3 Å². The summed E-state index contributed by atoms with van der Waals surface area (Å²) in [6.07, 6.45) is -2.63. The molecular formula is C8H15F2NO2. The highest BCUT2D eigenvalue weighted by Crippen LogP contribution is 2.06. The molecule has 3 nitrogen and oxygen atoms in total. The van der Waals surface area contributed by atoms with E-state index in [-0.39, 0.29) is 19.2 Å². The van der Waals surface area contributed by atoms with Crippen molar-refractivity contribution in [3.05, 3.63) is 0 Å². The Morgan fingerprint density at radius 3 is 2.31 bits per heavy atom. The van der Waals surface area contributed by atoms with Gasteiger partial charge in [0, 0.05) is 19.2 Å². The summed E-state index contributed by atoms with van der Waals surface area (Å²) in [5.74, 6) is -1.16. The monoisotopic (exact) mass is 195 g/mol. The molecule has 0 aliphatic carbocycles. The number of hydrogen-bond acceptors (Lipinski definition) is 2. The smallest absolute Gasteiger partial charge is 0.315 e. The first-order valence-corrected chi connectivity index (χ1v) is 4.20. The molecule has 1 amide bonds. The van der Waals surface area contributed by atoms with Crippen molar-refractivity contribution in [2.75, 3.05) is 13.2 Å². The SMILES string of the molecule is CC(C)N(CCCO)C(=O)C(F)F. The molecule has 1 N–H and O–H groups in total. The van der Waals surface area contributed by atoms with Crippen LogP contribution in [0.3, 0.4) is 0 Å². The summed E-state index contributed by atoms with van der Waals surface area (Å²) < 4.78 is 24.0. The van der Waals surface area contributed by atoms with Gasteiger partial charge in [0.15, 0.2) is 0 Å². The Morgan fingerprint density at radius 2 is 2.00 bits per heavy atom. The fraction of sp³-hybridized carbons (Fsp3) is 0.875. The molecule has 0 aliphatic heterocycles. The topological polar surface area (TPSA) is 40.5 Å². The summed E-state index contributed by atoms with van der Waals surface area (Å²) >= 11 is 0. The lowest BCUT2D eigenvalue weighted by Gasteiger charge is -2.25. The first-order valence-electron chi connectivity index (χ1n) is 4.20. The van der Waals surface area contributed by atoms with Crippen molar-refractivity contribution in [2.45, 2.75) is 32.7 Å². The van der Waals surface area contributed by atoms with Crippen molar-refractivity contribution in [3.8, 4) is 0 Å². The van der Waals surface area contributed by atoms with Gasteiger partial charge in [-0.1, -0.05) is 0 Å². The number of amides is 1. The van der Waals surface area contributed by atoms with Crippen molar-refractivity contribution in [3.63, 3.8) is 0 Å². The van der Waals surface area contributed by atoms with Crippen LogP contribution in [0.15, 0.2) is 0 Å². The zero-order valence-electron chi connectivity index (χ0n) is 7.83. The first-order chi connectivity index (χ1) is 6.00. The Bertz CT molecular complexity index is 162. The maximum atomic E-state index is 12.0. The molecule has 0 aromatic carbocycles. The number of carbonyl (C=O) groups is 1. The number of aliphatic hydroxyl groups is 1. The Hall–Kier alpha value is -0.710. The van der Waals surface area contributed by atoms with Gasteiger partial charge in [0.05, 0.1) is 0 Å². The molecule has 0 aliphatic rings. The molecule has 78 valence electrons. The second-order valence-corrected chi connectivity index (χ2v) is 3.00. The molecule has 0 unspecified atom stereocenters. The quantitative estimate of drug-likeness (QED) is 0.707. The number of hydrogen-bond donors (Lipinski definition) is 1. The van der Waals surface area contributed by atoms with E-state index < -0.39 is 12.3 Å². The summed E-state index contributed by atoms with van der Waals surface area (Å²) in [4.78, 5) is 12.0. The van der Waals surface area contributed by atoms with E-state index in [1.807, 2.05) is 0 Å². The van der Waals surface area contributed by atoms with E-state index in [1.165, 1.54) is 0 Å². The molecule has 0 radical (unpaired) electrons. The third-order valence-corrected chi connectivity index (χ3v) is 1.65. The molecule has 5 heteroatoms. The lowest BCUT2D eigenvalue weighted by atomic mass is 10.3. The average molecular weight is 195 g/mol. The highest BCUT2D eigenvalue weighted by atomic mass is 19.3. The highest BCUT2D eigenvalue weighted by molar-refractivity contribution is 5.79. The van der Waals surface area contributed by atoms with Gasteiger partial charge in [-0.25, -0.2) is 0 Å². The Labute approximate surface area is 76.3 Å². The Morgan fingerprint density at radius 1 is 1.46 bits per heavy atom. The van der Waals surface area contributed by atoms with E-state index in [0.717, 1.165) is 4.90 Å². The lowest BCUT2D eigenvalue weighted by Crippen LogP contribution is -2.41. The zero-order chi connectivity index (χ0) is 10.4. The van der Waals surface area contributed by atoms with Gasteiger partial charge in [0.2, 0.25) is 0 Å². The normalized spacial score (nSPS) is 11.0. The van der Waals surface area contributed by atoms with Crippen molar-refractivity contribution < 1.29 is 18.7 Å². The van der Waals surface area contributed by atoms with Gasteiger partial charge >= 0.3 is 6.43 Å². The van der Waals surface area contributed by atoms with Gasteiger partial charge in [0.25, 0.3) is 5.91 Å². The van der Waals surface area contributed by atoms with Gasteiger partial charge in [-0.05, 0) is 20.3 Å². The average Bonchev–Trinajstić information content (AvgIpc) is 2.04. The fourth-order valence-electron chi connectivity index (χ4n) is 0.989. The molecule has 0 rings (SSSR count). The third-order valence-electron chi connectivity index (χ3n) is 1.65. The summed E-state index contributed by atoms with van der Waals surface area (Å²) in [5, 5.41) is 8.49. The standard InChI is InChI=1S/C8H15F2NO2/c1-6(2)11(4-3-5-12)8(13)7(9)10/h6-7,12H,3-5H2,1-2H3. The van der Waals surface area contributed by atoms with E-state index in [0.29, 0.717) is 6.42 Å². The van der Waals surface area contributed by atoms with Gasteiger partial charge in [-0.2, -0.15) is 8.78 Å². The van der Waals surface area contributed by atoms with E-state index >= 15 is 0 Å². The molecule has 0 atom stereocenters. The van der Waals surface area contributed by atoms with Crippen LogP contribution >= 0.6 is 0 Å². The van der Waals surface area contributed by atoms with Crippen LogP contribution in [0.25, 0.3) is 0 Å². The molecule has 0 aromatic heterocycles. The summed E-state index contributed by atoms with van der Waals surface area (Å²) in [6.45, 7) is 3.41. The number of nitrogens with zero attached hydrogens (tertiary/aromatic N) is 1. The van der Waals surface area contributed by atoms with Crippen LogP contribution in [0.4, 0.5) is 8.78 Å². The Kier molecular flexibility index (Phi) is 5.53. The van der Waals surface area contributed by atoms with E-state index in [4.69, 9.17) is 5.11 Å². The van der Waals surface area contributed by atoms with E-state index in [9.17, 15) is 13.6 Å². The molecule has 0 aromatic rings.